The molecule has 7 nitrogen and oxygen atoms in total. The predicted octanol–water partition coefficient (Wildman–Crippen LogP) is 4.38. The van der Waals surface area contributed by atoms with Gasteiger partial charge in [-0.15, -0.1) is 0 Å². The van der Waals surface area contributed by atoms with Gasteiger partial charge in [0.05, 0.1) is 19.3 Å². The van der Waals surface area contributed by atoms with Gasteiger partial charge in [0.25, 0.3) is 0 Å². The van der Waals surface area contributed by atoms with E-state index in [0.717, 1.165) is 12.8 Å². The van der Waals surface area contributed by atoms with Gasteiger partial charge in [-0.1, -0.05) is 19.8 Å². The number of carbonyl (C=O) groups is 2. The summed E-state index contributed by atoms with van der Waals surface area (Å²) >= 11 is 0. The third-order valence-corrected chi connectivity index (χ3v) is 4.75. The van der Waals surface area contributed by atoms with Gasteiger partial charge in [-0.25, -0.2) is 9.59 Å². The number of unbranched alkanes of at least 4 members (excludes halogenated alkanes) is 1. The summed E-state index contributed by atoms with van der Waals surface area (Å²) in [6.07, 6.45) is -4.75. The van der Waals surface area contributed by atoms with Gasteiger partial charge < -0.3 is 24.3 Å². The number of ether oxygens (including phenoxy) is 4. The van der Waals surface area contributed by atoms with Gasteiger partial charge in [0.1, 0.15) is 11.7 Å². The quantitative estimate of drug-likeness (QED) is 0.432. The Morgan fingerprint density at radius 1 is 1.19 bits per heavy atom. The molecule has 10 heteroatoms. The summed E-state index contributed by atoms with van der Waals surface area (Å²) in [7, 11) is 0. The summed E-state index contributed by atoms with van der Waals surface area (Å²) in [4.78, 5) is 24.6. The molecule has 0 saturated carbocycles. The lowest BCUT2D eigenvalue weighted by Gasteiger charge is -2.30. The lowest BCUT2D eigenvalue weighted by molar-refractivity contribution is -0.156. The van der Waals surface area contributed by atoms with Gasteiger partial charge >= 0.3 is 18.2 Å². The summed E-state index contributed by atoms with van der Waals surface area (Å²) in [6, 6.07) is -1.06. The molecule has 0 aliphatic carbocycles. The van der Waals surface area contributed by atoms with E-state index in [0.29, 0.717) is 6.42 Å². The number of rotatable bonds is 8. The first kappa shape index (κ1) is 27.5. The van der Waals surface area contributed by atoms with Gasteiger partial charge in [-0.2, -0.15) is 13.2 Å². The zero-order valence-electron chi connectivity index (χ0n) is 19.0. The van der Waals surface area contributed by atoms with Crippen molar-refractivity contribution in [3.63, 3.8) is 0 Å². The highest BCUT2D eigenvalue weighted by Crippen LogP contribution is 2.26. The average molecular weight is 456 g/mol. The minimum atomic E-state index is -4.23. The van der Waals surface area contributed by atoms with Gasteiger partial charge in [0.2, 0.25) is 0 Å². The molecule has 1 aliphatic rings. The normalized spacial score (nSPS) is 25.7. The molecule has 1 rings (SSSR count). The molecule has 182 valence electrons. The van der Waals surface area contributed by atoms with E-state index in [1.165, 1.54) is 0 Å². The molecule has 0 aromatic heterocycles. The molecule has 0 aromatic rings. The summed E-state index contributed by atoms with van der Waals surface area (Å²) in [5.41, 5.74) is -0.735. The van der Waals surface area contributed by atoms with Gasteiger partial charge in [0.15, 0.2) is 6.04 Å². The Balaban J connectivity index is 2.81. The predicted molar refractivity (Wildman–Crippen MR) is 108 cm³/mol. The number of carbonyl (C=O) groups excluding carboxylic acids is 2. The molecule has 0 aromatic carbocycles. The molecule has 1 saturated heterocycles. The van der Waals surface area contributed by atoms with Crippen molar-refractivity contribution >= 4 is 12.1 Å². The van der Waals surface area contributed by atoms with Crippen molar-refractivity contribution in [2.45, 2.75) is 96.7 Å². The second-order valence-electron chi connectivity index (χ2n) is 8.81. The third-order valence-electron chi connectivity index (χ3n) is 4.75. The third kappa shape index (κ3) is 11.6. The monoisotopic (exact) mass is 455 g/mol. The highest BCUT2D eigenvalue weighted by molar-refractivity contribution is 5.81. The van der Waals surface area contributed by atoms with Crippen LogP contribution in [0.1, 0.15) is 66.7 Å². The maximum Gasteiger partial charge on any atom is 0.408 e. The molecule has 4 atom stereocenters. The number of esters is 1. The number of halogens is 3. The Bertz CT molecular complexity index is 564. The van der Waals surface area contributed by atoms with Crippen molar-refractivity contribution < 1.29 is 41.7 Å². The minimum absolute atomic E-state index is 0.0730. The van der Waals surface area contributed by atoms with Crippen LogP contribution in [0.25, 0.3) is 0 Å². The molecule has 31 heavy (non-hydrogen) atoms. The van der Waals surface area contributed by atoms with Crippen LogP contribution in [0.3, 0.4) is 0 Å². The van der Waals surface area contributed by atoms with Gasteiger partial charge in [-0.05, 0) is 40.5 Å². The largest absolute Gasteiger partial charge is 0.461 e. The highest BCUT2D eigenvalue weighted by atomic mass is 19.4. The number of amides is 1. The van der Waals surface area contributed by atoms with Crippen LogP contribution in [-0.2, 0) is 23.7 Å². The van der Waals surface area contributed by atoms with Crippen LogP contribution in [0.2, 0.25) is 0 Å². The fourth-order valence-corrected chi connectivity index (χ4v) is 3.24. The zero-order chi connectivity index (χ0) is 23.7. The molecule has 0 bridgehead atoms. The second kappa shape index (κ2) is 12.5. The summed E-state index contributed by atoms with van der Waals surface area (Å²) < 4.78 is 59.3. The molecule has 0 spiro atoms. The topological polar surface area (TPSA) is 83.1 Å². The van der Waals surface area contributed by atoms with Crippen molar-refractivity contribution in [3.8, 4) is 0 Å². The lowest BCUT2D eigenvalue weighted by Crippen LogP contribution is -2.47. The Morgan fingerprint density at radius 3 is 2.45 bits per heavy atom. The molecule has 0 radical (unpaired) electrons. The van der Waals surface area contributed by atoms with Gasteiger partial charge in [-0.3, -0.25) is 0 Å². The van der Waals surface area contributed by atoms with Crippen LogP contribution in [0, 0.1) is 5.92 Å². The van der Waals surface area contributed by atoms with Crippen molar-refractivity contribution in [3.05, 3.63) is 0 Å². The average Bonchev–Trinajstić information content (AvgIpc) is 2.65. The Labute approximate surface area is 182 Å². The van der Waals surface area contributed by atoms with E-state index in [1.54, 1.807) is 27.7 Å². The SMILES string of the molecule is CCCCC1C(C)OC(=O)C(NC(=O)OC(C)(C)C)COCC1OCCCC(F)(F)F. The van der Waals surface area contributed by atoms with Crippen LogP contribution in [-0.4, -0.2) is 61.9 Å². The van der Waals surface area contributed by atoms with E-state index >= 15 is 0 Å². The second-order valence-corrected chi connectivity index (χ2v) is 8.81. The maximum atomic E-state index is 12.6. The first-order valence-electron chi connectivity index (χ1n) is 10.8. The minimum Gasteiger partial charge on any atom is -0.461 e. The maximum absolute atomic E-state index is 12.6. The van der Waals surface area contributed by atoms with E-state index in [-0.39, 0.29) is 32.2 Å². The van der Waals surface area contributed by atoms with Crippen LogP contribution in [0.4, 0.5) is 18.0 Å². The number of cyclic esters (lactones) is 1. The van der Waals surface area contributed by atoms with Crippen LogP contribution >= 0.6 is 0 Å². The standard InChI is InChI=1S/C21H36F3NO6/c1-6-7-9-15-14(2)30-18(26)16(25-19(27)31-20(3,4)5)12-28-13-17(15)29-11-8-10-21(22,23)24/h14-17H,6-13H2,1-5H3,(H,25,27). The van der Waals surface area contributed by atoms with Crippen LogP contribution in [0.15, 0.2) is 0 Å². The molecule has 1 heterocycles. The molecule has 1 N–H and O–H groups in total. The molecule has 1 amide bonds. The molecule has 1 fully saturated rings. The number of hydrogen-bond donors (Lipinski definition) is 1. The fraction of sp³-hybridized carbons (Fsp3) is 0.905. The first-order valence-corrected chi connectivity index (χ1v) is 10.8. The van der Waals surface area contributed by atoms with Crippen LogP contribution < -0.4 is 5.32 Å². The van der Waals surface area contributed by atoms with Crippen LogP contribution in [0.5, 0.6) is 0 Å². The fourth-order valence-electron chi connectivity index (χ4n) is 3.24. The highest BCUT2D eigenvalue weighted by Gasteiger charge is 2.35. The number of alkyl carbamates (subject to hydrolysis) is 1. The van der Waals surface area contributed by atoms with E-state index in [1.807, 2.05) is 6.92 Å². The Kier molecular flexibility index (Phi) is 11.1. The van der Waals surface area contributed by atoms with E-state index in [9.17, 15) is 22.8 Å². The van der Waals surface area contributed by atoms with Crippen molar-refractivity contribution in [2.75, 3.05) is 19.8 Å². The number of hydrogen-bond acceptors (Lipinski definition) is 6. The summed E-state index contributed by atoms with van der Waals surface area (Å²) in [5.74, 6) is -0.896. The van der Waals surface area contributed by atoms with E-state index < -0.39 is 48.5 Å². The van der Waals surface area contributed by atoms with Crippen molar-refractivity contribution in [1.82, 2.24) is 5.32 Å². The molecule has 4 unspecified atom stereocenters. The summed E-state index contributed by atoms with van der Waals surface area (Å²) in [6.45, 7) is 8.68. The lowest BCUT2D eigenvalue weighted by atomic mass is 9.91. The first-order chi connectivity index (χ1) is 14.3. The molecule has 1 aliphatic heterocycles. The smallest absolute Gasteiger partial charge is 0.408 e. The zero-order valence-corrected chi connectivity index (χ0v) is 19.0. The number of alkyl halides is 3. The Morgan fingerprint density at radius 2 is 1.87 bits per heavy atom. The van der Waals surface area contributed by atoms with Gasteiger partial charge in [0, 0.05) is 18.9 Å². The van der Waals surface area contributed by atoms with E-state index in [4.69, 9.17) is 18.9 Å². The van der Waals surface area contributed by atoms with E-state index in [2.05, 4.69) is 5.32 Å². The molecular formula is C21H36F3NO6. The number of nitrogens with one attached hydrogen (secondary N) is 1. The summed E-state index contributed by atoms with van der Waals surface area (Å²) in [5, 5.41) is 2.46. The Hall–Kier alpha value is -1.55. The van der Waals surface area contributed by atoms with Crippen molar-refractivity contribution in [1.29, 1.82) is 0 Å². The molecular weight excluding hydrogens is 419 g/mol. The van der Waals surface area contributed by atoms with Crippen molar-refractivity contribution in [2.24, 2.45) is 5.92 Å².